The van der Waals surface area contributed by atoms with E-state index in [1.807, 2.05) is 0 Å². The van der Waals surface area contributed by atoms with Crippen LogP contribution in [0.3, 0.4) is 0 Å². The van der Waals surface area contributed by atoms with Gasteiger partial charge in [0.25, 0.3) is 5.91 Å². The van der Waals surface area contributed by atoms with E-state index in [0.717, 1.165) is 4.90 Å². The molecule has 1 saturated heterocycles. The number of likely N-dealkylation sites (tertiary alicyclic amines) is 1. The lowest BCUT2D eigenvalue weighted by molar-refractivity contribution is -0.0507. The first-order valence-corrected chi connectivity index (χ1v) is 12.7. The van der Waals surface area contributed by atoms with E-state index < -0.39 is 48.9 Å². The van der Waals surface area contributed by atoms with Crippen LogP contribution in [0.1, 0.15) is 70.7 Å². The highest BCUT2D eigenvalue weighted by molar-refractivity contribution is 5.97. The van der Waals surface area contributed by atoms with Gasteiger partial charge >= 0.3 is 12.7 Å². The van der Waals surface area contributed by atoms with Crippen molar-refractivity contribution in [2.75, 3.05) is 20.1 Å². The first-order chi connectivity index (χ1) is 20.0. The number of nitrogens with zero attached hydrogens (tertiary/aromatic N) is 4. The molecule has 2 atom stereocenters. The molecule has 0 radical (unpaired) electrons. The fraction of sp³-hybridized carbons (Fsp3) is 0.414. The summed E-state index contributed by atoms with van der Waals surface area (Å²) in [5, 5.41) is 0. The van der Waals surface area contributed by atoms with Gasteiger partial charge in [-0.1, -0.05) is 17.9 Å². The smallest absolute Gasteiger partial charge is 0.410 e. The molecule has 1 aromatic heterocycles. The van der Waals surface area contributed by atoms with E-state index in [0.29, 0.717) is 16.6 Å². The van der Waals surface area contributed by atoms with Gasteiger partial charge in [-0.15, -0.1) is 0 Å². The van der Waals surface area contributed by atoms with Crippen molar-refractivity contribution in [1.29, 1.82) is 0 Å². The SMILES string of the molecule is [2H]C([2H])([2H])N1C(=O)c2cccc(OC(F)F)c2[C@H]2C[C@@H]1c1nc3ccc(C#CC4(F)CN(C(=O)OC(C)(C)C)C4)cc3n12. The van der Waals surface area contributed by atoms with Crippen molar-refractivity contribution in [3.05, 3.63) is 58.9 Å². The van der Waals surface area contributed by atoms with E-state index in [1.165, 1.54) is 23.1 Å². The Balaban J connectivity index is 1.39. The van der Waals surface area contributed by atoms with Gasteiger partial charge in [0.2, 0.25) is 5.67 Å². The van der Waals surface area contributed by atoms with Gasteiger partial charge in [-0.05, 0) is 51.1 Å². The summed E-state index contributed by atoms with van der Waals surface area (Å²) >= 11 is 0. The van der Waals surface area contributed by atoms with Crippen LogP contribution < -0.4 is 4.74 Å². The highest BCUT2D eigenvalue weighted by atomic mass is 19.3. The van der Waals surface area contributed by atoms with Crippen molar-refractivity contribution in [3.63, 3.8) is 0 Å². The molecule has 40 heavy (non-hydrogen) atoms. The molecule has 3 aliphatic heterocycles. The lowest BCUT2D eigenvalue weighted by Crippen LogP contribution is -2.61. The van der Waals surface area contributed by atoms with Crippen LogP contribution in [0.2, 0.25) is 0 Å². The number of alkyl halides is 3. The number of carbonyl (C=O) groups is 2. The van der Waals surface area contributed by atoms with Gasteiger partial charge in [-0.3, -0.25) is 9.69 Å². The average molecular weight is 556 g/mol. The van der Waals surface area contributed by atoms with Crippen molar-refractivity contribution in [2.45, 2.75) is 57.2 Å². The summed E-state index contributed by atoms with van der Waals surface area (Å²) in [6, 6.07) is 7.26. The van der Waals surface area contributed by atoms with Gasteiger partial charge in [0.05, 0.1) is 36.2 Å². The minimum Gasteiger partial charge on any atom is -0.444 e. The molecule has 1 fully saturated rings. The summed E-state index contributed by atoms with van der Waals surface area (Å²) in [6.07, 6.45) is -0.552. The third-order valence-electron chi connectivity index (χ3n) is 7.11. The third kappa shape index (κ3) is 4.31. The summed E-state index contributed by atoms with van der Waals surface area (Å²) in [5.41, 5.74) is -1.18. The summed E-state index contributed by atoms with van der Waals surface area (Å²) in [5.74, 6) is 4.62. The zero-order chi connectivity index (χ0) is 31.1. The highest BCUT2D eigenvalue weighted by Crippen LogP contribution is 2.50. The van der Waals surface area contributed by atoms with E-state index in [4.69, 9.17) is 13.6 Å². The molecule has 2 amide bonds. The van der Waals surface area contributed by atoms with Gasteiger partial charge in [0.15, 0.2) is 0 Å². The molecule has 0 spiro atoms. The first kappa shape index (κ1) is 22.6. The maximum atomic E-state index is 15.2. The number of fused-ring (bicyclic) bond motifs is 9. The maximum absolute atomic E-state index is 15.2. The second-order valence-electron chi connectivity index (χ2n) is 11.1. The molecule has 4 heterocycles. The number of aromatic nitrogens is 2. The minimum absolute atomic E-state index is 0.0517. The van der Waals surface area contributed by atoms with Gasteiger partial charge in [0.1, 0.15) is 17.2 Å². The Kier molecular flexibility index (Phi) is 5.03. The molecule has 3 aromatic rings. The number of benzene rings is 2. The molecule has 0 unspecified atom stereocenters. The molecule has 8 nitrogen and oxygen atoms in total. The molecule has 208 valence electrons. The average Bonchev–Trinajstić information content (AvgIpc) is 3.36. The van der Waals surface area contributed by atoms with E-state index in [1.54, 1.807) is 43.5 Å². The van der Waals surface area contributed by atoms with E-state index in [9.17, 15) is 18.4 Å². The zero-order valence-electron chi connectivity index (χ0n) is 24.9. The molecule has 11 heteroatoms. The predicted octanol–water partition coefficient (Wildman–Crippen LogP) is 5.07. The van der Waals surface area contributed by atoms with Crippen LogP contribution in [0.15, 0.2) is 36.4 Å². The highest BCUT2D eigenvalue weighted by Gasteiger charge is 2.47. The molecule has 0 N–H and O–H groups in total. The maximum Gasteiger partial charge on any atom is 0.410 e. The van der Waals surface area contributed by atoms with Crippen LogP contribution in [0.5, 0.6) is 5.75 Å². The zero-order valence-corrected chi connectivity index (χ0v) is 21.9. The lowest BCUT2D eigenvalue weighted by Gasteiger charge is -2.41. The number of hydrogen-bond donors (Lipinski definition) is 0. The van der Waals surface area contributed by atoms with Crippen molar-refractivity contribution in [2.24, 2.45) is 0 Å². The van der Waals surface area contributed by atoms with E-state index in [2.05, 4.69) is 16.8 Å². The van der Waals surface area contributed by atoms with Gasteiger partial charge < -0.3 is 18.9 Å². The quantitative estimate of drug-likeness (QED) is 0.413. The van der Waals surface area contributed by atoms with Crippen LogP contribution in [-0.4, -0.2) is 69.3 Å². The van der Waals surface area contributed by atoms with E-state index in [-0.39, 0.29) is 42.2 Å². The molecule has 3 aliphatic rings. The van der Waals surface area contributed by atoms with E-state index >= 15 is 4.39 Å². The minimum atomic E-state index is -3.17. The van der Waals surface area contributed by atoms with Crippen LogP contribution in [0.25, 0.3) is 11.0 Å². The number of imidazole rings is 1. The predicted molar refractivity (Wildman–Crippen MR) is 139 cm³/mol. The summed E-state index contributed by atoms with van der Waals surface area (Å²) < 4.78 is 78.1. The standard InChI is InChI=1S/C29H27F3N4O4/c1-28(2,3)40-27(38)35-14-29(32,15-35)11-10-16-8-9-18-19(12-16)36-20-13-21(24(36)33-18)34(4)25(37)17-6-5-7-22(23(17)20)39-26(30)31/h5-9,12,20-21,26H,13-15H2,1-4H3/t20-,21-/m1/s1/i4D3. The molecular weight excluding hydrogens is 525 g/mol. The Morgan fingerprint density at radius 2 is 2.00 bits per heavy atom. The Morgan fingerprint density at radius 1 is 1.23 bits per heavy atom. The Morgan fingerprint density at radius 3 is 2.70 bits per heavy atom. The van der Waals surface area contributed by atoms with Crippen LogP contribution in [-0.2, 0) is 4.74 Å². The summed E-state index contributed by atoms with van der Waals surface area (Å²) in [6.45, 7) is -1.35. The third-order valence-corrected chi connectivity index (χ3v) is 7.11. The molecule has 2 bridgehead atoms. The number of hydrogen-bond acceptors (Lipinski definition) is 5. The van der Waals surface area contributed by atoms with Gasteiger partial charge in [-0.2, -0.15) is 8.78 Å². The van der Waals surface area contributed by atoms with Crippen molar-refractivity contribution >= 4 is 23.0 Å². The first-order valence-electron chi connectivity index (χ1n) is 14.2. The van der Waals surface area contributed by atoms with Crippen molar-refractivity contribution in [1.82, 2.24) is 19.4 Å². The second-order valence-corrected chi connectivity index (χ2v) is 11.1. The number of halogens is 3. The fourth-order valence-electron chi connectivity index (χ4n) is 5.46. The second kappa shape index (κ2) is 8.91. The normalized spacial score (nSPS) is 22.3. The molecule has 0 aliphatic carbocycles. The van der Waals surface area contributed by atoms with Gasteiger partial charge in [-0.25, -0.2) is 14.2 Å². The largest absolute Gasteiger partial charge is 0.444 e. The Bertz CT molecular complexity index is 1720. The fourth-order valence-corrected chi connectivity index (χ4v) is 5.46. The summed E-state index contributed by atoms with van der Waals surface area (Å²) in [7, 11) is 0. The van der Waals surface area contributed by atoms with Crippen molar-refractivity contribution < 1.29 is 36.3 Å². The Hall–Kier alpha value is -4.20. The topological polar surface area (TPSA) is 76.9 Å². The Labute approximate surface area is 232 Å². The molecule has 6 rings (SSSR count). The van der Waals surface area contributed by atoms with Crippen LogP contribution in [0, 0.1) is 11.8 Å². The number of amides is 2. The van der Waals surface area contributed by atoms with Crippen LogP contribution >= 0.6 is 0 Å². The number of rotatable bonds is 2. The molecule has 2 aromatic carbocycles. The van der Waals surface area contributed by atoms with Crippen LogP contribution in [0.4, 0.5) is 18.0 Å². The summed E-state index contributed by atoms with van der Waals surface area (Å²) in [4.78, 5) is 32.3. The number of carbonyl (C=O) groups excluding carboxylic acids is 2. The number of ether oxygens (including phenoxy) is 2. The molecular formula is C29H27F3N4O4. The van der Waals surface area contributed by atoms with Gasteiger partial charge in [0, 0.05) is 34.2 Å². The monoisotopic (exact) mass is 555 g/mol. The molecule has 0 saturated carbocycles. The van der Waals surface area contributed by atoms with Crippen molar-refractivity contribution in [3.8, 4) is 17.6 Å². The lowest BCUT2D eigenvalue weighted by atomic mass is 9.97.